The van der Waals surface area contributed by atoms with Crippen molar-refractivity contribution in [2.45, 2.75) is 39.3 Å². The van der Waals surface area contributed by atoms with Gasteiger partial charge in [-0.1, -0.05) is 25.1 Å². The predicted molar refractivity (Wildman–Crippen MR) is 92.8 cm³/mol. The standard InChI is InChI=1S/C18H21N5O/c1-2-5-17-19-14-8-9-23(10-13(14)18(24)20-17)11-16-12-6-3-4-7-15(12)21-22-16/h3-4,6-7H,2,5,8-11H2,1H3,(H,21,22)(H,19,20,24). The molecule has 0 unspecified atom stereocenters. The minimum absolute atomic E-state index is 0.0163. The topological polar surface area (TPSA) is 77.7 Å². The van der Waals surface area contributed by atoms with Crippen LogP contribution in [0.3, 0.4) is 0 Å². The second kappa shape index (κ2) is 6.20. The first-order valence-corrected chi connectivity index (χ1v) is 8.50. The fourth-order valence-electron chi connectivity index (χ4n) is 3.38. The molecule has 6 nitrogen and oxygen atoms in total. The molecule has 0 radical (unpaired) electrons. The second-order valence-corrected chi connectivity index (χ2v) is 6.37. The lowest BCUT2D eigenvalue weighted by Crippen LogP contribution is -2.36. The fraction of sp³-hybridized carbons (Fsp3) is 0.389. The summed E-state index contributed by atoms with van der Waals surface area (Å²) in [5, 5.41) is 8.63. The summed E-state index contributed by atoms with van der Waals surface area (Å²) in [5.74, 6) is 0.814. The summed E-state index contributed by atoms with van der Waals surface area (Å²) >= 11 is 0. The number of hydrogen-bond acceptors (Lipinski definition) is 4. The molecule has 3 heterocycles. The zero-order valence-corrected chi connectivity index (χ0v) is 13.8. The molecule has 0 saturated heterocycles. The Morgan fingerprint density at radius 1 is 1.29 bits per heavy atom. The molecule has 0 saturated carbocycles. The SMILES string of the molecule is CCCc1nc2c(c(=O)[nH]1)CN(Cc1[nH]nc3ccccc13)CC2. The van der Waals surface area contributed by atoms with Gasteiger partial charge in [0, 0.05) is 37.9 Å². The average Bonchev–Trinajstić information content (AvgIpc) is 2.99. The van der Waals surface area contributed by atoms with Crippen LogP contribution in [0.15, 0.2) is 29.1 Å². The third kappa shape index (κ3) is 2.73. The van der Waals surface area contributed by atoms with Crippen LogP contribution in [0.25, 0.3) is 10.9 Å². The summed E-state index contributed by atoms with van der Waals surface area (Å²) in [6.45, 7) is 4.39. The zero-order chi connectivity index (χ0) is 16.5. The van der Waals surface area contributed by atoms with E-state index in [9.17, 15) is 4.79 Å². The number of aromatic amines is 2. The number of nitrogens with zero attached hydrogens (tertiary/aromatic N) is 3. The number of H-pyrrole nitrogens is 2. The Kier molecular flexibility index (Phi) is 3.90. The number of hydrogen-bond donors (Lipinski definition) is 2. The van der Waals surface area contributed by atoms with Crippen molar-refractivity contribution in [2.24, 2.45) is 0 Å². The minimum atomic E-state index is 0.0163. The Morgan fingerprint density at radius 3 is 3.04 bits per heavy atom. The third-order valence-corrected chi connectivity index (χ3v) is 4.61. The van der Waals surface area contributed by atoms with Gasteiger partial charge in [-0.05, 0) is 12.5 Å². The van der Waals surface area contributed by atoms with E-state index in [4.69, 9.17) is 0 Å². The third-order valence-electron chi connectivity index (χ3n) is 4.61. The highest BCUT2D eigenvalue weighted by atomic mass is 16.1. The molecule has 2 aromatic heterocycles. The van der Waals surface area contributed by atoms with E-state index < -0.39 is 0 Å². The minimum Gasteiger partial charge on any atom is -0.310 e. The number of rotatable bonds is 4. The molecule has 0 bridgehead atoms. The highest BCUT2D eigenvalue weighted by Gasteiger charge is 2.22. The number of benzene rings is 1. The van der Waals surface area contributed by atoms with E-state index in [0.717, 1.165) is 66.0 Å². The van der Waals surface area contributed by atoms with Gasteiger partial charge >= 0.3 is 0 Å². The predicted octanol–water partition coefficient (Wildman–Crippen LogP) is 2.16. The van der Waals surface area contributed by atoms with Gasteiger partial charge in [0.25, 0.3) is 5.56 Å². The molecule has 6 heteroatoms. The van der Waals surface area contributed by atoms with Gasteiger partial charge < -0.3 is 4.98 Å². The quantitative estimate of drug-likeness (QED) is 0.771. The normalized spacial score (nSPS) is 14.9. The van der Waals surface area contributed by atoms with Crippen LogP contribution in [0.4, 0.5) is 0 Å². The Bertz CT molecular complexity index is 927. The Balaban J connectivity index is 1.57. The van der Waals surface area contributed by atoms with Gasteiger partial charge in [-0.2, -0.15) is 5.10 Å². The molecule has 4 rings (SSSR count). The smallest absolute Gasteiger partial charge is 0.255 e. The van der Waals surface area contributed by atoms with Crippen molar-refractivity contribution in [2.75, 3.05) is 6.54 Å². The average molecular weight is 323 g/mol. The van der Waals surface area contributed by atoms with Crippen LogP contribution >= 0.6 is 0 Å². The van der Waals surface area contributed by atoms with E-state index >= 15 is 0 Å². The van der Waals surface area contributed by atoms with Gasteiger partial charge in [-0.3, -0.25) is 14.8 Å². The number of aromatic nitrogens is 4. The second-order valence-electron chi connectivity index (χ2n) is 6.37. The van der Waals surface area contributed by atoms with Crippen molar-refractivity contribution in [1.29, 1.82) is 0 Å². The van der Waals surface area contributed by atoms with Gasteiger partial charge in [0.2, 0.25) is 0 Å². The van der Waals surface area contributed by atoms with Crippen molar-refractivity contribution in [3.8, 4) is 0 Å². The van der Waals surface area contributed by atoms with Gasteiger partial charge in [0.1, 0.15) is 5.82 Å². The molecular weight excluding hydrogens is 302 g/mol. The molecule has 1 aliphatic heterocycles. The van der Waals surface area contributed by atoms with E-state index in [1.165, 1.54) is 0 Å². The van der Waals surface area contributed by atoms with Gasteiger partial charge in [0.05, 0.1) is 22.5 Å². The molecule has 24 heavy (non-hydrogen) atoms. The maximum absolute atomic E-state index is 12.4. The fourth-order valence-corrected chi connectivity index (χ4v) is 3.38. The molecule has 1 aromatic carbocycles. The first kappa shape index (κ1) is 15.1. The van der Waals surface area contributed by atoms with Crippen LogP contribution in [0.1, 0.15) is 36.1 Å². The zero-order valence-electron chi connectivity index (χ0n) is 13.8. The molecule has 0 fully saturated rings. The van der Waals surface area contributed by atoms with Gasteiger partial charge in [0.15, 0.2) is 0 Å². The molecular formula is C18H21N5O. The van der Waals surface area contributed by atoms with Crippen molar-refractivity contribution in [3.05, 3.63) is 57.4 Å². The first-order valence-electron chi connectivity index (χ1n) is 8.50. The van der Waals surface area contributed by atoms with Crippen LogP contribution in [0.5, 0.6) is 0 Å². The molecule has 0 amide bonds. The Hall–Kier alpha value is -2.47. The largest absolute Gasteiger partial charge is 0.310 e. The van der Waals surface area contributed by atoms with E-state index in [2.05, 4.69) is 38.1 Å². The maximum Gasteiger partial charge on any atom is 0.255 e. The number of fused-ring (bicyclic) bond motifs is 2. The molecule has 0 spiro atoms. The highest BCUT2D eigenvalue weighted by molar-refractivity contribution is 5.81. The van der Waals surface area contributed by atoms with Crippen molar-refractivity contribution in [1.82, 2.24) is 25.1 Å². The van der Waals surface area contributed by atoms with Gasteiger partial charge in [-0.15, -0.1) is 0 Å². The summed E-state index contributed by atoms with van der Waals surface area (Å²) in [4.78, 5) is 22.2. The monoisotopic (exact) mass is 323 g/mol. The van der Waals surface area contributed by atoms with E-state index in [-0.39, 0.29) is 5.56 Å². The molecule has 2 N–H and O–H groups in total. The highest BCUT2D eigenvalue weighted by Crippen LogP contribution is 2.20. The Morgan fingerprint density at radius 2 is 2.17 bits per heavy atom. The number of aryl methyl sites for hydroxylation is 1. The summed E-state index contributed by atoms with van der Waals surface area (Å²) in [5.41, 5.74) is 3.87. The van der Waals surface area contributed by atoms with Crippen LogP contribution in [-0.2, 0) is 25.9 Å². The summed E-state index contributed by atoms with van der Waals surface area (Å²) < 4.78 is 0. The summed E-state index contributed by atoms with van der Waals surface area (Å²) in [7, 11) is 0. The summed E-state index contributed by atoms with van der Waals surface area (Å²) in [6.07, 6.45) is 2.63. The maximum atomic E-state index is 12.4. The molecule has 0 aliphatic carbocycles. The van der Waals surface area contributed by atoms with Gasteiger partial charge in [-0.25, -0.2) is 4.98 Å². The first-order chi connectivity index (χ1) is 11.7. The van der Waals surface area contributed by atoms with Crippen LogP contribution < -0.4 is 5.56 Å². The van der Waals surface area contributed by atoms with Crippen LogP contribution in [-0.4, -0.2) is 31.6 Å². The molecule has 0 atom stereocenters. The number of para-hydroxylation sites is 1. The lowest BCUT2D eigenvalue weighted by molar-refractivity contribution is 0.239. The van der Waals surface area contributed by atoms with Crippen molar-refractivity contribution >= 4 is 10.9 Å². The van der Waals surface area contributed by atoms with E-state index in [1.807, 2.05) is 18.2 Å². The van der Waals surface area contributed by atoms with Crippen molar-refractivity contribution in [3.63, 3.8) is 0 Å². The summed E-state index contributed by atoms with van der Waals surface area (Å²) in [6, 6.07) is 8.10. The number of nitrogens with one attached hydrogen (secondary N) is 2. The van der Waals surface area contributed by atoms with Crippen LogP contribution in [0.2, 0.25) is 0 Å². The lowest BCUT2D eigenvalue weighted by atomic mass is 10.1. The van der Waals surface area contributed by atoms with Crippen LogP contribution in [0, 0.1) is 0 Å². The van der Waals surface area contributed by atoms with Crippen molar-refractivity contribution < 1.29 is 0 Å². The van der Waals surface area contributed by atoms with E-state index in [1.54, 1.807) is 0 Å². The Labute approximate surface area is 139 Å². The molecule has 1 aliphatic rings. The molecule has 124 valence electrons. The van der Waals surface area contributed by atoms with E-state index in [0.29, 0.717) is 6.54 Å². The molecule has 3 aromatic rings. The lowest BCUT2D eigenvalue weighted by Gasteiger charge is -2.27.